The van der Waals surface area contributed by atoms with Crippen LogP contribution in [0, 0.1) is 0 Å². The number of quaternary nitrogens is 1. The van der Waals surface area contributed by atoms with Crippen LogP contribution in [0.2, 0.25) is 5.02 Å². The zero-order valence-electron chi connectivity index (χ0n) is 15.3. The van der Waals surface area contributed by atoms with Gasteiger partial charge in [0.25, 0.3) is 11.8 Å². The summed E-state index contributed by atoms with van der Waals surface area (Å²) in [6.45, 7) is 5.55. The molecule has 3 rings (SSSR count). The van der Waals surface area contributed by atoms with E-state index in [1.165, 1.54) is 0 Å². The van der Waals surface area contributed by atoms with Crippen LogP contribution in [0.5, 0.6) is 0 Å². The average Bonchev–Trinajstić information content (AvgIpc) is 3.05. The van der Waals surface area contributed by atoms with Crippen molar-refractivity contribution in [2.45, 2.75) is 50.1 Å². The molecule has 2 aliphatic rings. The van der Waals surface area contributed by atoms with Crippen molar-refractivity contribution in [2.75, 3.05) is 18.8 Å². The minimum Gasteiger partial charge on any atom is -0.348 e. The molecular formula is C19H27ClN3O2S+. The van der Waals surface area contributed by atoms with Gasteiger partial charge in [-0.05, 0) is 31.5 Å². The van der Waals surface area contributed by atoms with Gasteiger partial charge in [-0.1, -0.05) is 36.4 Å². The number of likely N-dealkylation sites (tertiary alicyclic amines) is 1. The molecule has 2 heterocycles. The lowest BCUT2D eigenvalue weighted by Gasteiger charge is -2.36. The van der Waals surface area contributed by atoms with Crippen molar-refractivity contribution in [1.82, 2.24) is 10.2 Å². The number of thioether (sulfide) groups is 1. The number of hydrogen-bond donors (Lipinski definition) is 2. The fraction of sp³-hybridized carbons (Fsp3) is 0.579. The van der Waals surface area contributed by atoms with Crippen molar-refractivity contribution in [2.24, 2.45) is 0 Å². The number of hydrogen-bond acceptors (Lipinski definition) is 3. The Kier molecular flexibility index (Phi) is 6.15. The van der Waals surface area contributed by atoms with E-state index in [2.05, 4.69) is 17.6 Å². The van der Waals surface area contributed by atoms with Crippen LogP contribution in [0.4, 0.5) is 0 Å². The van der Waals surface area contributed by atoms with Gasteiger partial charge in [-0.3, -0.25) is 9.59 Å². The summed E-state index contributed by atoms with van der Waals surface area (Å²) in [5.41, 5.74) is 0.641. The molecule has 0 aliphatic carbocycles. The number of halogens is 1. The van der Waals surface area contributed by atoms with Gasteiger partial charge in [0.1, 0.15) is 4.87 Å². The second-order valence-electron chi connectivity index (χ2n) is 7.27. The largest absolute Gasteiger partial charge is 0.348 e. The van der Waals surface area contributed by atoms with E-state index in [9.17, 15) is 9.59 Å². The lowest BCUT2D eigenvalue weighted by atomic mass is 10.0. The molecule has 1 aromatic carbocycles. The van der Waals surface area contributed by atoms with Crippen molar-refractivity contribution in [3.63, 3.8) is 0 Å². The van der Waals surface area contributed by atoms with Crippen LogP contribution in [0.3, 0.4) is 0 Å². The Bertz CT molecular complexity index is 677. The highest BCUT2D eigenvalue weighted by Gasteiger charge is 2.48. The fourth-order valence-corrected chi connectivity index (χ4v) is 5.21. The van der Waals surface area contributed by atoms with Crippen LogP contribution in [0.25, 0.3) is 0 Å². The summed E-state index contributed by atoms with van der Waals surface area (Å²) < 4.78 is 0. The molecular weight excluding hydrogens is 370 g/mol. The van der Waals surface area contributed by atoms with Crippen LogP contribution in [-0.4, -0.2) is 52.5 Å². The Hall–Kier alpha value is -1.24. The number of nitrogens with zero attached hydrogens (tertiary/aromatic N) is 1. The van der Waals surface area contributed by atoms with Crippen LogP contribution in [-0.2, 0) is 4.79 Å². The Morgan fingerprint density at radius 1 is 1.42 bits per heavy atom. The number of rotatable bonds is 4. The smallest absolute Gasteiger partial charge is 0.279 e. The number of nitrogens with one attached hydrogen (secondary N) is 1. The van der Waals surface area contributed by atoms with Gasteiger partial charge >= 0.3 is 0 Å². The topological polar surface area (TPSA) is 66.0 Å². The molecule has 0 radical (unpaired) electrons. The van der Waals surface area contributed by atoms with Crippen molar-refractivity contribution in [3.05, 3.63) is 34.9 Å². The highest BCUT2D eigenvalue weighted by atomic mass is 35.5. The Morgan fingerprint density at radius 3 is 2.81 bits per heavy atom. The second kappa shape index (κ2) is 8.19. The molecule has 5 nitrogen and oxygen atoms in total. The van der Waals surface area contributed by atoms with Crippen molar-refractivity contribution in [3.8, 4) is 0 Å². The van der Waals surface area contributed by atoms with Gasteiger partial charge in [0.05, 0.1) is 5.75 Å². The molecule has 1 spiro atoms. The maximum atomic E-state index is 12.7. The van der Waals surface area contributed by atoms with E-state index in [4.69, 9.17) is 11.6 Å². The molecule has 26 heavy (non-hydrogen) atoms. The zero-order chi connectivity index (χ0) is 18.7. The van der Waals surface area contributed by atoms with Crippen molar-refractivity contribution in [1.29, 1.82) is 0 Å². The third-order valence-corrected chi connectivity index (χ3v) is 7.24. The molecule has 0 saturated carbocycles. The van der Waals surface area contributed by atoms with Crippen LogP contribution < -0.4 is 10.6 Å². The third-order valence-electron chi connectivity index (χ3n) is 5.36. The molecule has 2 fully saturated rings. The highest BCUT2D eigenvalue weighted by molar-refractivity contribution is 8.00. The van der Waals surface area contributed by atoms with Crippen LogP contribution in [0.15, 0.2) is 24.3 Å². The normalized spacial score (nSPS) is 23.0. The Balaban J connectivity index is 1.55. The quantitative estimate of drug-likeness (QED) is 0.816. The molecule has 2 amide bonds. The van der Waals surface area contributed by atoms with E-state index >= 15 is 0 Å². The number of carbonyl (C=O) groups excluding carboxylic acids is 2. The standard InChI is InChI=1S/C19H26ClN3O2S/c1-3-13(2)21-17(24)16-12-26-19(22-16)7-9-23(10-8-19)18(25)14-5-4-6-15(20)11-14/h4-6,11,13,16,22H,3,7-10,12H2,1-2H3,(H,21,24)/p+1/t13-,16+/m0/s1. The average molecular weight is 397 g/mol. The predicted octanol–water partition coefficient (Wildman–Crippen LogP) is 1.87. The molecule has 2 atom stereocenters. The van der Waals surface area contributed by atoms with E-state index in [1.807, 2.05) is 35.7 Å². The summed E-state index contributed by atoms with van der Waals surface area (Å²) >= 11 is 7.87. The zero-order valence-corrected chi connectivity index (χ0v) is 16.9. The molecule has 142 valence electrons. The predicted molar refractivity (Wildman–Crippen MR) is 105 cm³/mol. The van der Waals surface area contributed by atoms with E-state index in [-0.39, 0.29) is 28.8 Å². The Labute approximate surface area is 164 Å². The summed E-state index contributed by atoms with van der Waals surface area (Å²) in [4.78, 5) is 27.0. The monoisotopic (exact) mass is 396 g/mol. The first-order valence-electron chi connectivity index (χ1n) is 9.27. The number of amides is 2. The van der Waals surface area contributed by atoms with E-state index in [1.54, 1.807) is 12.1 Å². The second-order valence-corrected chi connectivity index (χ2v) is 9.14. The van der Waals surface area contributed by atoms with Gasteiger partial charge in [0, 0.05) is 42.6 Å². The Morgan fingerprint density at radius 2 is 2.15 bits per heavy atom. The molecule has 2 aliphatic heterocycles. The first-order chi connectivity index (χ1) is 12.4. The summed E-state index contributed by atoms with van der Waals surface area (Å²) in [6.07, 6.45) is 2.74. The molecule has 0 aromatic heterocycles. The van der Waals surface area contributed by atoms with Crippen molar-refractivity contribution >= 4 is 35.2 Å². The van der Waals surface area contributed by atoms with E-state index < -0.39 is 0 Å². The van der Waals surface area contributed by atoms with Gasteiger partial charge in [-0.15, -0.1) is 0 Å². The lowest BCUT2D eigenvalue weighted by Crippen LogP contribution is -3.00. The molecule has 3 N–H and O–H groups in total. The van der Waals surface area contributed by atoms with Crippen molar-refractivity contribution < 1.29 is 14.9 Å². The lowest BCUT2D eigenvalue weighted by molar-refractivity contribution is -0.714. The summed E-state index contributed by atoms with van der Waals surface area (Å²) in [6, 6.07) is 7.31. The maximum Gasteiger partial charge on any atom is 0.279 e. The number of benzene rings is 1. The first kappa shape index (κ1) is 19.5. The SMILES string of the molecule is CC[C@H](C)NC(=O)[C@H]1CSC2(CCN(C(=O)c3cccc(Cl)c3)CC2)[NH2+]1. The number of nitrogens with two attached hydrogens (primary N) is 1. The van der Waals surface area contributed by atoms with E-state index in [0.717, 1.165) is 25.0 Å². The third kappa shape index (κ3) is 4.35. The molecule has 0 bridgehead atoms. The summed E-state index contributed by atoms with van der Waals surface area (Å²) in [5.74, 6) is 1.02. The minimum atomic E-state index is -0.0239. The molecule has 0 unspecified atom stereocenters. The first-order valence-corrected chi connectivity index (χ1v) is 10.6. The summed E-state index contributed by atoms with van der Waals surface area (Å²) in [5, 5.41) is 5.90. The van der Waals surface area contributed by atoms with Crippen LogP contribution >= 0.6 is 23.4 Å². The number of piperidine rings is 1. The number of carbonyl (C=O) groups is 2. The van der Waals surface area contributed by atoms with Gasteiger partial charge in [-0.25, -0.2) is 0 Å². The molecule has 7 heteroatoms. The summed E-state index contributed by atoms with van der Waals surface area (Å²) in [7, 11) is 0. The minimum absolute atomic E-state index is 0.0239. The fourth-order valence-electron chi connectivity index (χ4n) is 3.53. The maximum absolute atomic E-state index is 12.7. The van der Waals surface area contributed by atoms with Gasteiger partial charge in [0.2, 0.25) is 0 Å². The van der Waals surface area contributed by atoms with Gasteiger partial charge in [0.15, 0.2) is 6.04 Å². The van der Waals surface area contributed by atoms with Gasteiger partial charge in [-0.2, -0.15) is 0 Å². The molecule has 1 aromatic rings. The van der Waals surface area contributed by atoms with Crippen LogP contribution in [0.1, 0.15) is 43.5 Å². The van der Waals surface area contributed by atoms with E-state index in [0.29, 0.717) is 23.7 Å². The molecule has 2 saturated heterocycles. The van der Waals surface area contributed by atoms with Gasteiger partial charge < -0.3 is 15.5 Å². The highest BCUT2D eigenvalue weighted by Crippen LogP contribution is 2.34.